The van der Waals surface area contributed by atoms with Gasteiger partial charge in [0, 0.05) is 19.3 Å². The second-order valence-electron chi connectivity index (χ2n) is 4.35. The molecule has 0 bridgehead atoms. The molecule has 1 fully saturated rings. The largest absolute Gasteiger partial charge is 0.376 e. The number of carbonyl (C=O) groups excluding carboxylic acids is 1. The SMILES string of the molecule is CCn1nccc1C(=O)N[C@H](C)[C@H]1CCCO1. The third-order valence-corrected chi connectivity index (χ3v) is 3.13. The summed E-state index contributed by atoms with van der Waals surface area (Å²) < 4.78 is 7.24. The average molecular weight is 237 g/mol. The van der Waals surface area contributed by atoms with E-state index in [1.54, 1.807) is 16.9 Å². The van der Waals surface area contributed by atoms with Crippen LogP contribution in [0.25, 0.3) is 0 Å². The van der Waals surface area contributed by atoms with Gasteiger partial charge in [-0.25, -0.2) is 0 Å². The summed E-state index contributed by atoms with van der Waals surface area (Å²) in [5.41, 5.74) is 0.609. The maximum absolute atomic E-state index is 12.0. The molecule has 94 valence electrons. The first-order valence-electron chi connectivity index (χ1n) is 6.16. The highest BCUT2D eigenvalue weighted by molar-refractivity contribution is 5.92. The maximum Gasteiger partial charge on any atom is 0.269 e. The lowest BCUT2D eigenvalue weighted by atomic mass is 10.1. The molecule has 0 aliphatic carbocycles. The van der Waals surface area contributed by atoms with Crippen molar-refractivity contribution in [1.82, 2.24) is 15.1 Å². The first-order chi connectivity index (χ1) is 8.22. The number of nitrogens with one attached hydrogen (secondary N) is 1. The highest BCUT2D eigenvalue weighted by Gasteiger charge is 2.24. The van der Waals surface area contributed by atoms with Crippen LogP contribution in [0.4, 0.5) is 0 Å². The molecule has 1 aliphatic heterocycles. The van der Waals surface area contributed by atoms with Gasteiger partial charge in [-0.2, -0.15) is 5.10 Å². The monoisotopic (exact) mass is 237 g/mol. The molecule has 1 N–H and O–H groups in total. The van der Waals surface area contributed by atoms with Crippen LogP contribution in [0.3, 0.4) is 0 Å². The Morgan fingerprint density at radius 2 is 2.59 bits per heavy atom. The van der Waals surface area contributed by atoms with Crippen LogP contribution in [-0.4, -0.2) is 34.4 Å². The zero-order valence-electron chi connectivity index (χ0n) is 10.3. The van der Waals surface area contributed by atoms with Gasteiger partial charge in [0.2, 0.25) is 0 Å². The zero-order chi connectivity index (χ0) is 12.3. The number of hydrogen-bond acceptors (Lipinski definition) is 3. The number of aryl methyl sites for hydroxylation is 1. The van der Waals surface area contributed by atoms with E-state index < -0.39 is 0 Å². The Morgan fingerprint density at radius 1 is 1.76 bits per heavy atom. The number of rotatable bonds is 4. The Hall–Kier alpha value is -1.36. The van der Waals surface area contributed by atoms with Crippen molar-refractivity contribution in [2.24, 2.45) is 0 Å². The number of nitrogens with zero attached hydrogens (tertiary/aromatic N) is 2. The summed E-state index contributed by atoms with van der Waals surface area (Å²) >= 11 is 0. The molecule has 2 rings (SSSR count). The van der Waals surface area contributed by atoms with Gasteiger partial charge in [-0.1, -0.05) is 0 Å². The molecule has 1 saturated heterocycles. The van der Waals surface area contributed by atoms with E-state index in [9.17, 15) is 4.79 Å². The molecule has 0 unspecified atom stereocenters. The number of amides is 1. The lowest BCUT2D eigenvalue weighted by Gasteiger charge is -2.20. The first kappa shape index (κ1) is 12.1. The summed E-state index contributed by atoms with van der Waals surface area (Å²) in [6, 6.07) is 1.78. The molecular weight excluding hydrogens is 218 g/mol. The van der Waals surface area contributed by atoms with Gasteiger partial charge >= 0.3 is 0 Å². The fraction of sp³-hybridized carbons (Fsp3) is 0.667. The molecule has 1 aromatic heterocycles. The first-order valence-corrected chi connectivity index (χ1v) is 6.16. The highest BCUT2D eigenvalue weighted by Crippen LogP contribution is 2.15. The van der Waals surface area contributed by atoms with Gasteiger partial charge in [-0.15, -0.1) is 0 Å². The van der Waals surface area contributed by atoms with E-state index in [4.69, 9.17) is 4.74 Å². The molecule has 1 aromatic rings. The lowest BCUT2D eigenvalue weighted by Crippen LogP contribution is -2.41. The molecule has 1 amide bonds. The Bertz CT molecular complexity index is 383. The van der Waals surface area contributed by atoms with E-state index in [1.807, 2.05) is 13.8 Å². The van der Waals surface area contributed by atoms with Crippen LogP contribution in [0.2, 0.25) is 0 Å². The van der Waals surface area contributed by atoms with Gasteiger partial charge in [-0.05, 0) is 32.8 Å². The van der Waals surface area contributed by atoms with E-state index in [0.717, 1.165) is 19.4 Å². The van der Waals surface area contributed by atoms with Crippen molar-refractivity contribution >= 4 is 5.91 Å². The number of aromatic nitrogens is 2. The number of carbonyl (C=O) groups is 1. The molecule has 5 nitrogen and oxygen atoms in total. The van der Waals surface area contributed by atoms with Crippen molar-refractivity contribution in [2.75, 3.05) is 6.61 Å². The maximum atomic E-state index is 12.0. The summed E-state index contributed by atoms with van der Waals surface area (Å²) in [5.74, 6) is -0.0765. The molecule has 2 heterocycles. The van der Waals surface area contributed by atoms with Gasteiger partial charge in [0.15, 0.2) is 0 Å². The van der Waals surface area contributed by atoms with Crippen LogP contribution < -0.4 is 5.32 Å². The summed E-state index contributed by atoms with van der Waals surface area (Å²) in [5, 5.41) is 7.06. The molecule has 17 heavy (non-hydrogen) atoms. The Balaban J connectivity index is 1.96. The number of ether oxygens (including phenoxy) is 1. The minimum absolute atomic E-state index is 0.0465. The standard InChI is InChI=1S/C12H19N3O2/c1-3-15-10(6-7-13-15)12(16)14-9(2)11-5-4-8-17-11/h6-7,9,11H,3-5,8H2,1-2H3,(H,14,16)/t9-,11-/m1/s1. The quantitative estimate of drug-likeness (QED) is 0.856. The van der Waals surface area contributed by atoms with Crippen molar-refractivity contribution in [2.45, 2.75) is 45.4 Å². The van der Waals surface area contributed by atoms with E-state index in [0.29, 0.717) is 12.2 Å². The van der Waals surface area contributed by atoms with Crippen LogP contribution >= 0.6 is 0 Å². The van der Waals surface area contributed by atoms with Gasteiger partial charge < -0.3 is 10.1 Å². The molecule has 2 atom stereocenters. The van der Waals surface area contributed by atoms with Gasteiger partial charge in [0.05, 0.1) is 12.1 Å². The van der Waals surface area contributed by atoms with E-state index >= 15 is 0 Å². The van der Waals surface area contributed by atoms with Crippen molar-refractivity contribution in [3.63, 3.8) is 0 Å². The molecule has 5 heteroatoms. The van der Waals surface area contributed by atoms with E-state index in [-0.39, 0.29) is 18.1 Å². The molecular formula is C12H19N3O2. The third-order valence-electron chi connectivity index (χ3n) is 3.13. The summed E-state index contributed by atoms with van der Waals surface area (Å²) in [4.78, 5) is 12.0. The van der Waals surface area contributed by atoms with Crippen LogP contribution in [0.5, 0.6) is 0 Å². The van der Waals surface area contributed by atoms with Crippen molar-refractivity contribution in [3.8, 4) is 0 Å². The Morgan fingerprint density at radius 3 is 3.24 bits per heavy atom. The predicted molar refractivity (Wildman–Crippen MR) is 63.8 cm³/mol. The van der Waals surface area contributed by atoms with E-state index in [2.05, 4.69) is 10.4 Å². The fourth-order valence-electron chi connectivity index (χ4n) is 2.15. The normalized spacial score (nSPS) is 21.4. The van der Waals surface area contributed by atoms with Crippen molar-refractivity contribution in [1.29, 1.82) is 0 Å². The zero-order valence-corrected chi connectivity index (χ0v) is 10.3. The fourth-order valence-corrected chi connectivity index (χ4v) is 2.15. The Labute approximate surface area is 101 Å². The second kappa shape index (κ2) is 5.31. The summed E-state index contributed by atoms with van der Waals surface area (Å²) in [6.07, 6.45) is 3.90. The molecule has 0 radical (unpaired) electrons. The van der Waals surface area contributed by atoms with Gasteiger partial charge in [-0.3, -0.25) is 9.48 Å². The van der Waals surface area contributed by atoms with Gasteiger partial charge in [0.25, 0.3) is 5.91 Å². The third kappa shape index (κ3) is 2.66. The second-order valence-corrected chi connectivity index (χ2v) is 4.35. The van der Waals surface area contributed by atoms with Crippen LogP contribution in [0, 0.1) is 0 Å². The minimum Gasteiger partial charge on any atom is -0.376 e. The average Bonchev–Trinajstić information content (AvgIpc) is 2.99. The van der Waals surface area contributed by atoms with E-state index in [1.165, 1.54) is 0 Å². The molecule has 1 aliphatic rings. The summed E-state index contributed by atoms with van der Waals surface area (Å²) in [6.45, 7) is 5.45. The van der Waals surface area contributed by atoms with Crippen LogP contribution in [0.15, 0.2) is 12.3 Å². The highest BCUT2D eigenvalue weighted by atomic mass is 16.5. The minimum atomic E-state index is -0.0765. The molecule has 0 aromatic carbocycles. The molecule has 0 spiro atoms. The number of hydrogen-bond donors (Lipinski definition) is 1. The topological polar surface area (TPSA) is 56.2 Å². The Kier molecular flexibility index (Phi) is 3.78. The van der Waals surface area contributed by atoms with Crippen LogP contribution in [-0.2, 0) is 11.3 Å². The van der Waals surface area contributed by atoms with Crippen LogP contribution in [0.1, 0.15) is 37.2 Å². The summed E-state index contributed by atoms with van der Waals surface area (Å²) in [7, 11) is 0. The van der Waals surface area contributed by atoms with Crippen molar-refractivity contribution < 1.29 is 9.53 Å². The lowest BCUT2D eigenvalue weighted by molar-refractivity contribution is 0.0706. The smallest absolute Gasteiger partial charge is 0.269 e. The predicted octanol–water partition coefficient (Wildman–Crippen LogP) is 1.20. The van der Waals surface area contributed by atoms with Crippen molar-refractivity contribution in [3.05, 3.63) is 18.0 Å². The van der Waals surface area contributed by atoms with Gasteiger partial charge in [0.1, 0.15) is 5.69 Å². The molecule has 0 saturated carbocycles.